The third kappa shape index (κ3) is 3.97. The Morgan fingerprint density at radius 3 is 2.66 bits per heavy atom. The summed E-state index contributed by atoms with van der Waals surface area (Å²) < 4.78 is 18.1. The molecule has 0 saturated carbocycles. The van der Waals surface area contributed by atoms with Crippen LogP contribution < -0.4 is 14.4 Å². The number of piperidine rings is 1. The molecule has 0 radical (unpaired) electrons. The van der Waals surface area contributed by atoms with Gasteiger partial charge in [-0.3, -0.25) is 4.79 Å². The van der Waals surface area contributed by atoms with Crippen LogP contribution >= 0.6 is 0 Å². The lowest BCUT2D eigenvalue weighted by atomic mass is 9.98. The van der Waals surface area contributed by atoms with Crippen molar-refractivity contribution in [1.29, 1.82) is 0 Å². The molecule has 8 heteroatoms. The fraction of sp³-hybridized carbons (Fsp3) is 0.458. The number of methoxy groups -OCH3 is 2. The highest BCUT2D eigenvalue weighted by Crippen LogP contribution is 2.36. The maximum absolute atomic E-state index is 12.4. The van der Waals surface area contributed by atoms with Crippen LogP contribution in [-0.2, 0) is 9.53 Å². The van der Waals surface area contributed by atoms with Crippen LogP contribution in [0.4, 0.5) is 5.82 Å². The monoisotopic (exact) mass is 438 g/mol. The molecule has 1 aliphatic heterocycles. The molecule has 3 aromatic rings. The molecule has 3 heterocycles. The SMILES string of the molecule is CCOC(=O)C1CCCN(c2cc(C)nc3c(-c4ccc(OC)c(OC)c4)c(C)nn23)C1. The van der Waals surface area contributed by atoms with Crippen molar-refractivity contribution in [1.82, 2.24) is 14.6 Å². The van der Waals surface area contributed by atoms with Crippen LogP contribution in [0, 0.1) is 19.8 Å². The summed E-state index contributed by atoms with van der Waals surface area (Å²) in [6.07, 6.45) is 1.77. The number of carbonyl (C=O) groups is 1. The Morgan fingerprint density at radius 1 is 1.16 bits per heavy atom. The van der Waals surface area contributed by atoms with Crippen LogP contribution in [0.1, 0.15) is 31.2 Å². The first-order valence-electron chi connectivity index (χ1n) is 11.0. The highest BCUT2D eigenvalue weighted by Gasteiger charge is 2.29. The van der Waals surface area contributed by atoms with E-state index in [2.05, 4.69) is 4.90 Å². The maximum atomic E-state index is 12.4. The normalized spacial score (nSPS) is 16.3. The second-order valence-corrected chi connectivity index (χ2v) is 8.06. The van der Waals surface area contributed by atoms with Crippen LogP contribution in [0.3, 0.4) is 0 Å². The highest BCUT2D eigenvalue weighted by molar-refractivity contribution is 5.82. The molecule has 32 heavy (non-hydrogen) atoms. The average molecular weight is 439 g/mol. The van der Waals surface area contributed by atoms with Gasteiger partial charge in [0, 0.05) is 30.4 Å². The van der Waals surface area contributed by atoms with Crippen molar-refractivity contribution in [2.75, 3.05) is 38.8 Å². The molecule has 0 bridgehead atoms. The van der Waals surface area contributed by atoms with Gasteiger partial charge in [-0.2, -0.15) is 9.61 Å². The van der Waals surface area contributed by atoms with E-state index in [-0.39, 0.29) is 11.9 Å². The molecule has 2 aromatic heterocycles. The summed E-state index contributed by atoms with van der Waals surface area (Å²) in [5, 5.41) is 4.83. The molecule has 1 unspecified atom stereocenters. The van der Waals surface area contributed by atoms with Gasteiger partial charge in [-0.1, -0.05) is 6.07 Å². The minimum Gasteiger partial charge on any atom is -0.493 e. The molecule has 0 aliphatic carbocycles. The second-order valence-electron chi connectivity index (χ2n) is 8.06. The molecule has 0 N–H and O–H groups in total. The lowest BCUT2D eigenvalue weighted by Gasteiger charge is -2.33. The van der Waals surface area contributed by atoms with Crippen LogP contribution in [0.15, 0.2) is 24.3 Å². The number of aryl methyl sites for hydroxylation is 2. The third-order valence-corrected chi connectivity index (χ3v) is 5.91. The zero-order valence-electron chi connectivity index (χ0n) is 19.3. The number of aromatic nitrogens is 3. The molecule has 8 nitrogen and oxygen atoms in total. The molecule has 1 fully saturated rings. The smallest absolute Gasteiger partial charge is 0.310 e. The van der Waals surface area contributed by atoms with Crippen molar-refractivity contribution in [3.05, 3.63) is 35.7 Å². The number of benzene rings is 1. The van der Waals surface area contributed by atoms with Gasteiger partial charge >= 0.3 is 5.97 Å². The van der Waals surface area contributed by atoms with Crippen LogP contribution in [0.2, 0.25) is 0 Å². The van der Waals surface area contributed by atoms with E-state index in [1.165, 1.54) is 0 Å². The quantitative estimate of drug-likeness (QED) is 0.542. The summed E-state index contributed by atoms with van der Waals surface area (Å²) in [6, 6.07) is 7.87. The number of rotatable bonds is 6. The Kier molecular flexibility index (Phi) is 6.21. The van der Waals surface area contributed by atoms with Crippen molar-refractivity contribution >= 4 is 17.4 Å². The van der Waals surface area contributed by atoms with Gasteiger partial charge < -0.3 is 19.1 Å². The third-order valence-electron chi connectivity index (χ3n) is 5.91. The fourth-order valence-electron chi connectivity index (χ4n) is 4.42. The molecule has 1 aliphatic rings. The first-order valence-corrected chi connectivity index (χ1v) is 11.0. The van der Waals surface area contributed by atoms with Crippen LogP contribution in [0.5, 0.6) is 11.5 Å². The van der Waals surface area contributed by atoms with E-state index in [0.717, 1.165) is 53.4 Å². The van der Waals surface area contributed by atoms with Gasteiger partial charge in [-0.05, 0) is 51.3 Å². The molecule has 1 aromatic carbocycles. The Hall–Kier alpha value is -3.29. The van der Waals surface area contributed by atoms with Gasteiger partial charge in [0.05, 0.1) is 32.4 Å². The van der Waals surface area contributed by atoms with Gasteiger partial charge in [-0.25, -0.2) is 4.98 Å². The zero-order chi connectivity index (χ0) is 22.8. The number of hydrogen-bond acceptors (Lipinski definition) is 7. The summed E-state index contributed by atoms with van der Waals surface area (Å²) in [5.41, 5.74) is 4.46. The molecule has 170 valence electrons. The van der Waals surface area contributed by atoms with Crippen molar-refractivity contribution in [2.24, 2.45) is 5.92 Å². The van der Waals surface area contributed by atoms with E-state index in [1.54, 1.807) is 14.2 Å². The lowest BCUT2D eigenvalue weighted by molar-refractivity contribution is -0.148. The highest BCUT2D eigenvalue weighted by atomic mass is 16.5. The molecule has 0 spiro atoms. The summed E-state index contributed by atoms with van der Waals surface area (Å²) in [4.78, 5) is 19.4. The zero-order valence-corrected chi connectivity index (χ0v) is 19.3. The molecular weight excluding hydrogens is 408 g/mol. The average Bonchev–Trinajstić information content (AvgIpc) is 3.13. The van der Waals surface area contributed by atoms with E-state index in [9.17, 15) is 4.79 Å². The number of anilines is 1. The Labute approximate surface area is 188 Å². The summed E-state index contributed by atoms with van der Waals surface area (Å²) in [7, 11) is 3.25. The van der Waals surface area contributed by atoms with Gasteiger partial charge in [0.15, 0.2) is 17.1 Å². The molecule has 1 atom stereocenters. The number of nitrogens with zero attached hydrogens (tertiary/aromatic N) is 4. The van der Waals surface area contributed by atoms with Crippen molar-refractivity contribution in [3.8, 4) is 22.6 Å². The molecule has 0 amide bonds. The predicted octanol–water partition coefficient (Wildman–Crippen LogP) is 3.81. The number of ether oxygens (including phenoxy) is 3. The second kappa shape index (κ2) is 9.06. The minimum atomic E-state index is -0.130. The maximum Gasteiger partial charge on any atom is 0.310 e. The standard InChI is InChI=1S/C24H30N4O4/c1-6-32-24(29)18-8-7-11-27(14-18)21-12-15(2)25-23-22(16(3)26-28(21)23)17-9-10-19(30-4)20(13-17)31-5/h9-10,12-13,18H,6-8,11,14H2,1-5H3. The number of carbonyl (C=O) groups excluding carboxylic acids is 1. The predicted molar refractivity (Wildman–Crippen MR) is 123 cm³/mol. The minimum absolute atomic E-state index is 0.123. The lowest BCUT2D eigenvalue weighted by Crippen LogP contribution is -2.40. The summed E-state index contributed by atoms with van der Waals surface area (Å²) >= 11 is 0. The molecule has 4 rings (SSSR count). The van der Waals surface area contributed by atoms with Crippen molar-refractivity contribution in [2.45, 2.75) is 33.6 Å². The Morgan fingerprint density at radius 2 is 1.94 bits per heavy atom. The Bertz CT molecular complexity index is 1140. The van der Waals surface area contributed by atoms with Crippen LogP contribution in [0.25, 0.3) is 16.8 Å². The van der Waals surface area contributed by atoms with Gasteiger partial charge in [-0.15, -0.1) is 0 Å². The van der Waals surface area contributed by atoms with Gasteiger partial charge in [0.25, 0.3) is 0 Å². The van der Waals surface area contributed by atoms with Gasteiger partial charge in [0.2, 0.25) is 0 Å². The first-order chi connectivity index (χ1) is 15.5. The largest absolute Gasteiger partial charge is 0.493 e. The molecular formula is C24H30N4O4. The number of hydrogen-bond donors (Lipinski definition) is 0. The first kappa shape index (κ1) is 21.9. The van der Waals surface area contributed by atoms with Crippen molar-refractivity contribution < 1.29 is 19.0 Å². The van der Waals surface area contributed by atoms with E-state index >= 15 is 0 Å². The topological polar surface area (TPSA) is 78.2 Å². The van der Waals surface area contributed by atoms with E-state index < -0.39 is 0 Å². The van der Waals surface area contributed by atoms with E-state index in [4.69, 9.17) is 24.3 Å². The van der Waals surface area contributed by atoms with E-state index in [0.29, 0.717) is 24.7 Å². The summed E-state index contributed by atoms with van der Waals surface area (Å²) in [5.74, 6) is 2.02. The van der Waals surface area contributed by atoms with Gasteiger partial charge in [0.1, 0.15) is 5.82 Å². The fourth-order valence-corrected chi connectivity index (χ4v) is 4.42. The summed E-state index contributed by atoms with van der Waals surface area (Å²) in [6.45, 7) is 7.69. The van der Waals surface area contributed by atoms with E-state index in [1.807, 2.05) is 49.6 Å². The number of esters is 1. The van der Waals surface area contributed by atoms with Crippen molar-refractivity contribution in [3.63, 3.8) is 0 Å². The van der Waals surface area contributed by atoms with Crippen LogP contribution in [-0.4, -0.2) is 54.5 Å². The Balaban J connectivity index is 1.78. The number of fused-ring (bicyclic) bond motifs is 1. The molecule has 1 saturated heterocycles.